The molecule has 2 aromatic rings. The van der Waals surface area contributed by atoms with Crippen molar-refractivity contribution in [1.29, 1.82) is 0 Å². The quantitative estimate of drug-likeness (QED) is 0.920. The number of rotatable bonds is 5. The van der Waals surface area contributed by atoms with Crippen LogP contribution in [0.25, 0.3) is 0 Å². The molecule has 18 heavy (non-hydrogen) atoms. The number of nitrogens with zero attached hydrogens (tertiary/aromatic N) is 3. The minimum Gasteiger partial charge on any atom is -0.395 e. The first-order chi connectivity index (χ1) is 8.81. The fraction of sp³-hybridized carbons (Fsp3) is 0.231. The van der Waals surface area contributed by atoms with Gasteiger partial charge in [0.1, 0.15) is 12.1 Å². The van der Waals surface area contributed by atoms with E-state index in [9.17, 15) is 0 Å². The Labute approximate surface area is 114 Å². The molecule has 94 valence electrons. The number of anilines is 1. The molecule has 0 aliphatic rings. The molecule has 0 saturated heterocycles. The van der Waals surface area contributed by atoms with Crippen LogP contribution in [0.1, 0.15) is 5.56 Å². The largest absolute Gasteiger partial charge is 0.395 e. The molecule has 0 saturated carbocycles. The van der Waals surface area contributed by atoms with Crippen LogP contribution in [0, 0.1) is 0 Å². The summed E-state index contributed by atoms with van der Waals surface area (Å²) < 4.78 is 0.828. The van der Waals surface area contributed by atoms with Gasteiger partial charge in [-0.1, -0.05) is 30.3 Å². The summed E-state index contributed by atoms with van der Waals surface area (Å²) in [5.41, 5.74) is 1.18. The third-order valence-electron chi connectivity index (χ3n) is 2.53. The van der Waals surface area contributed by atoms with E-state index >= 15 is 0 Å². The van der Waals surface area contributed by atoms with Crippen molar-refractivity contribution in [1.82, 2.24) is 9.97 Å². The zero-order valence-electron chi connectivity index (χ0n) is 9.83. The monoisotopic (exact) mass is 307 g/mol. The van der Waals surface area contributed by atoms with E-state index < -0.39 is 0 Å². The summed E-state index contributed by atoms with van der Waals surface area (Å²) in [5, 5.41) is 9.17. The van der Waals surface area contributed by atoms with Gasteiger partial charge in [-0.2, -0.15) is 0 Å². The fourth-order valence-corrected chi connectivity index (χ4v) is 2.19. The Morgan fingerprint density at radius 3 is 2.67 bits per heavy atom. The van der Waals surface area contributed by atoms with Gasteiger partial charge in [0.05, 0.1) is 11.1 Å². The van der Waals surface area contributed by atoms with Crippen LogP contribution >= 0.6 is 15.9 Å². The van der Waals surface area contributed by atoms with Crippen LogP contribution in [0.5, 0.6) is 0 Å². The Balaban J connectivity index is 2.21. The van der Waals surface area contributed by atoms with Crippen molar-refractivity contribution in [2.24, 2.45) is 0 Å². The summed E-state index contributed by atoms with van der Waals surface area (Å²) in [6, 6.07) is 10.1. The molecular weight excluding hydrogens is 294 g/mol. The van der Waals surface area contributed by atoms with E-state index in [0.717, 1.165) is 10.3 Å². The number of aliphatic hydroxyl groups is 1. The van der Waals surface area contributed by atoms with Gasteiger partial charge in [0, 0.05) is 19.3 Å². The van der Waals surface area contributed by atoms with Crippen LogP contribution in [-0.2, 0) is 6.54 Å². The smallest absolute Gasteiger partial charge is 0.146 e. The highest BCUT2D eigenvalue weighted by molar-refractivity contribution is 9.10. The number of hydrogen-bond acceptors (Lipinski definition) is 4. The molecule has 0 unspecified atom stereocenters. The van der Waals surface area contributed by atoms with Crippen LogP contribution in [0.2, 0.25) is 0 Å². The van der Waals surface area contributed by atoms with E-state index in [1.54, 1.807) is 6.20 Å². The van der Waals surface area contributed by atoms with E-state index in [4.69, 9.17) is 5.11 Å². The molecule has 5 heteroatoms. The average molecular weight is 308 g/mol. The normalized spacial score (nSPS) is 10.3. The summed E-state index contributed by atoms with van der Waals surface area (Å²) in [6.45, 7) is 1.32. The fourth-order valence-electron chi connectivity index (χ4n) is 1.72. The van der Waals surface area contributed by atoms with Gasteiger partial charge in [-0.3, -0.25) is 0 Å². The number of hydrogen-bond donors (Lipinski definition) is 1. The van der Waals surface area contributed by atoms with Crippen molar-refractivity contribution in [3.8, 4) is 0 Å². The second kappa shape index (κ2) is 6.47. The third kappa shape index (κ3) is 3.27. The maximum atomic E-state index is 9.17. The molecule has 1 heterocycles. The highest BCUT2D eigenvalue weighted by atomic mass is 79.9. The summed E-state index contributed by atoms with van der Waals surface area (Å²) in [4.78, 5) is 10.2. The predicted molar refractivity (Wildman–Crippen MR) is 74.3 cm³/mol. The van der Waals surface area contributed by atoms with Crippen molar-refractivity contribution < 1.29 is 5.11 Å². The molecular formula is C13H14BrN3O. The third-order valence-corrected chi connectivity index (χ3v) is 3.09. The lowest BCUT2D eigenvalue weighted by atomic mass is 10.2. The lowest BCUT2D eigenvalue weighted by Crippen LogP contribution is -2.27. The second-order valence-corrected chi connectivity index (χ2v) is 4.68. The Bertz CT molecular complexity index is 493. The first-order valence-electron chi connectivity index (χ1n) is 5.66. The van der Waals surface area contributed by atoms with Crippen LogP contribution in [0.15, 0.2) is 47.3 Å². The first-order valence-corrected chi connectivity index (χ1v) is 6.46. The van der Waals surface area contributed by atoms with Crippen LogP contribution in [0.4, 0.5) is 5.82 Å². The Morgan fingerprint density at radius 2 is 2.00 bits per heavy atom. The zero-order valence-corrected chi connectivity index (χ0v) is 11.4. The molecule has 0 fully saturated rings. The van der Waals surface area contributed by atoms with Gasteiger partial charge in [-0.15, -0.1) is 0 Å². The first kappa shape index (κ1) is 13.0. The van der Waals surface area contributed by atoms with E-state index in [2.05, 4.69) is 38.0 Å². The zero-order chi connectivity index (χ0) is 12.8. The standard InChI is InChI=1S/C13H14BrN3O/c14-12-8-15-10-16-13(12)17(6-7-18)9-11-4-2-1-3-5-11/h1-5,8,10,18H,6-7,9H2. The van der Waals surface area contributed by atoms with Gasteiger partial charge < -0.3 is 10.0 Å². The lowest BCUT2D eigenvalue weighted by molar-refractivity contribution is 0.301. The molecule has 4 nitrogen and oxygen atoms in total. The molecule has 1 aromatic heterocycles. The number of aromatic nitrogens is 2. The van der Waals surface area contributed by atoms with E-state index in [1.807, 2.05) is 23.1 Å². The summed E-state index contributed by atoms with van der Waals surface area (Å²) in [6.07, 6.45) is 3.22. The van der Waals surface area contributed by atoms with Gasteiger partial charge in [-0.05, 0) is 21.5 Å². The highest BCUT2D eigenvalue weighted by Gasteiger charge is 2.11. The molecule has 0 aliphatic heterocycles. The van der Waals surface area contributed by atoms with E-state index in [-0.39, 0.29) is 6.61 Å². The van der Waals surface area contributed by atoms with Crippen LogP contribution in [-0.4, -0.2) is 28.2 Å². The number of benzene rings is 1. The Kier molecular flexibility index (Phi) is 4.66. The summed E-state index contributed by atoms with van der Waals surface area (Å²) in [5.74, 6) is 0.794. The minimum absolute atomic E-state index is 0.0866. The van der Waals surface area contributed by atoms with Crippen LogP contribution in [0.3, 0.4) is 0 Å². The molecule has 1 aromatic carbocycles. The highest BCUT2D eigenvalue weighted by Crippen LogP contribution is 2.23. The molecule has 0 atom stereocenters. The molecule has 2 rings (SSSR count). The second-order valence-electron chi connectivity index (χ2n) is 3.83. The van der Waals surface area contributed by atoms with Crippen molar-refractivity contribution in [2.75, 3.05) is 18.1 Å². The van der Waals surface area contributed by atoms with Crippen molar-refractivity contribution in [2.45, 2.75) is 6.54 Å². The molecule has 1 N–H and O–H groups in total. The molecule has 0 spiro atoms. The van der Waals surface area contributed by atoms with Gasteiger partial charge in [0.25, 0.3) is 0 Å². The minimum atomic E-state index is 0.0866. The molecule has 0 radical (unpaired) electrons. The molecule has 0 bridgehead atoms. The predicted octanol–water partition coefficient (Wildman–Crippen LogP) is 2.24. The molecule has 0 amide bonds. The van der Waals surface area contributed by atoms with Gasteiger partial charge in [-0.25, -0.2) is 9.97 Å². The van der Waals surface area contributed by atoms with Crippen molar-refractivity contribution in [3.05, 3.63) is 52.9 Å². The Morgan fingerprint density at radius 1 is 1.22 bits per heavy atom. The number of aliphatic hydroxyl groups excluding tert-OH is 1. The maximum Gasteiger partial charge on any atom is 0.146 e. The molecule has 0 aliphatic carbocycles. The van der Waals surface area contributed by atoms with Crippen molar-refractivity contribution in [3.63, 3.8) is 0 Å². The SMILES string of the molecule is OCCN(Cc1ccccc1)c1ncncc1Br. The van der Waals surface area contributed by atoms with Gasteiger partial charge in [0.2, 0.25) is 0 Å². The van der Waals surface area contributed by atoms with E-state index in [0.29, 0.717) is 13.1 Å². The summed E-state index contributed by atoms with van der Waals surface area (Å²) in [7, 11) is 0. The van der Waals surface area contributed by atoms with E-state index in [1.165, 1.54) is 11.9 Å². The lowest BCUT2D eigenvalue weighted by Gasteiger charge is -2.23. The topological polar surface area (TPSA) is 49.2 Å². The Hall–Kier alpha value is -1.46. The maximum absolute atomic E-state index is 9.17. The number of halogens is 1. The van der Waals surface area contributed by atoms with Gasteiger partial charge in [0.15, 0.2) is 0 Å². The average Bonchev–Trinajstić information content (AvgIpc) is 2.40. The van der Waals surface area contributed by atoms with Crippen LogP contribution < -0.4 is 4.90 Å². The summed E-state index contributed by atoms with van der Waals surface area (Å²) >= 11 is 3.43. The van der Waals surface area contributed by atoms with Gasteiger partial charge >= 0.3 is 0 Å². The van der Waals surface area contributed by atoms with Crippen molar-refractivity contribution >= 4 is 21.7 Å².